The molecule has 4 nitrogen and oxygen atoms in total. The molecule has 4 heteroatoms. The topological polar surface area (TPSA) is 35.6 Å². The second kappa shape index (κ2) is 13.3. The molecule has 0 bridgehead atoms. The van der Waals surface area contributed by atoms with Gasteiger partial charge in [-0.3, -0.25) is 0 Å². The molecule has 0 spiro atoms. The molecule has 0 radical (unpaired) electrons. The van der Waals surface area contributed by atoms with Crippen molar-refractivity contribution in [1.82, 2.24) is 19.1 Å². The van der Waals surface area contributed by atoms with E-state index in [1.807, 2.05) is 36.4 Å². The number of rotatable bonds is 6. The van der Waals surface area contributed by atoms with E-state index in [2.05, 4.69) is 180 Å². The van der Waals surface area contributed by atoms with Gasteiger partial charge in [0.05, 0.1) is 33.5 Å². The van der Waals surface area contributed by atoms with Crippen molar-refractivity contribution in [1.29, 1.82) is 0 Å². The summed E-state index contributed by atoms with van der Waals surface area (Å²) in [6, 6.07) is 71.4. The first-order valence-electron chi connectivity index (χ1n) is 19.4. The third-order valence-corrected chi connectivity index (χ3v) is 11.2. The van der Waals surface area contributed by atoms with E-state index in [0.29, 0.717) is 5.82 Å². The highest BCUT2D eigenvalue weighted by molar-refractivity contribution is 6.12. The monoisotopic (exact) mass is 728 g/mol. The lowest BCUT2D eigenvalue weighted by atomic mass is 10.0. The number of aryl methyl sites for hydroxylation is 1. The predicted octanol–water partition coefficient (Wildman–Crippen LogP) is 13.6. The van der Waals surface area contributed by atoms with Crippen LogP contribution in [0, 0.1) is 6.92 Å². The molecule has 0 N–H and O–H groups in total. The van der Waals surface area contributed by atoms with Gasteiger partial charge >= 0.3 is 0 Å². The molecule has 0 aliphatic rings. The van der Waals surface area contributed by atoms with Crippen LogP contribution in [-0.4, -0.2) is 19.1 Å². The van der Waals surface area contributed by atoms with E-state index >= 15 is 0 Å². The fraction of sp³-hybridized carbons (Fsp3) is 0.0189. The number of para-hydroxylation sites is 2. The van der Waals surface area contributed by atoms with Crippen molar-refractivity contribution in [2.45, 2.75) is 6.92 Å². The first-order valence-corrected chi connectivity index (χ1v) is 19.4. The normalized spacial score (nSPS) is 11.6. The average molecular weight is 729 g/mol. The van der Waals surface area contributed by atoms with Crippen LogP contribution in [0.25, 0.3) is 100 Å². The van der Waals surface area contributed by atoms with Crippen LogP contribution in [0.15, 0.2) is 200 Å². The molecule has 0 amide bonds. The molecule has 11 rings (SSSR count). The van der Waals surface area contributed by atoms with Gasteiger partial charge in [0.15, 0.2) is 5.82 Å². The highest BCUT2D eigenvalue weighted by atomic mass is 15.0. The van der Waals surface area contributed by atoms with Crippen molar-refractivity contribution in [2.75, 3.05) is 0 Å². The maximum atomic E-state index is 5.07. The van der Waals surface area contributed by atoms with Gasteiger partial charge in [0, 0.05) is 49.6 Å². The molecule has 8 aromatic carbocycles. The molecule has 0 saturated carbocycles. The third-order valence-electron chi connectivity index (χ3n) is 11.2. The summed E-state index contributed by atoms with van der Waals surface area (Å²) >= 11 is 0. The van der Waals surface area contributed by atoms with Crippen molar-refractivity contribution in [3.8, 4) is 56.4 Å². The number of benzene rings is 8. The number of hydrogen-bond donors (Lipinski definition) is 0. The minimum atomic E-state index is 0.701. The molecule has 0 saturated heterocycles. The minimum absolute atomic E-state index is 0.701. The third kappa shape index (κ3) is 5.61. The molecular weight excluding hydrogens is 693 g/mol. The first kappa shape index (κ1) is 32.8. The van der Waals surface area contributed by atoms with E-state index in [0.717, 1.165) is 33.8 Å². The molecule has 268 valence electrons. The zero-order valence-electron chi connectivity index (χ0n) is 31.3. The summed E-state index contributed by atoms with van der Waals surface area (Å²) in [6.45, 7) is 2.13. The van der Waals surface area contributed by atoms with Crippen molar-refractivity contribution in [3.05, 3.63) is 206 Å². The summed E-state index contributed by atoms with van der Waals surface area (Å²) in [5.41, 5.74) is 15.6. The summed E-state index contributed by atoms with van der Waals surface area (Å²) in [6.07, 6.45) is 0. The van der Waals surface area contributed by atoms with E-state index < -0.39 is 0 Å². The van der Waals surface area contributed by atoms with E-state index in [9.17, 15) is 0 Å². The summed E-state index contributed by atoms with van der Waals surface area (Å²) < 4.78 is 4.75. The highest BCUT2D eigenvalue weighted by Crippen LogP contribution is 2.39. The molecule has 3 heterocycles. The fourth-order valence-corrected chi connectivity index (χ4v) is 8.40. The zero-order chi connectivity index (χ0) is 37.9. The van der Waals surface area contributed by atoms with E-state index in [1.54, 1.807) is 0 Å². The van der Waals surface area contributed by atoms with Gasteiger partial charge in [-0.05, 0) is 96.9 Å². The summed E-state index contributed by atoms with van der Waals surface area (Å²) in [4.78, 5) is 10.1. The number of nitrogens with zero attached hydrogens (tertiary/aromatic N) is 4. The standard InChI is InChI=1S/C53H36N4/c1-35-20-26-41(27-21-35)56-49-18-10-8-16-43(49)45-32-39(24-30-51(45)56)40-25-31-52-46(33-40)44-17-9-11-19-50(44)57(52)42-28-22-38(23-29-42)53-54-47(36-12-4-2-5-13-36)34-48(55-53)37-14-6-3-7-15-37/h2-34H,1H3. The van der Waals surface area contributed by atoms with Crippen molar-refractivity contribution < 1.29 is 0 Å². The Morgan fingerprint density at radius 3 is 1.21 bits per heavy atom. The quantitative estimate of drug-likeness (QED) is 0.171. The summed E-state index contributed by atoms with van der Waals surface area (Å²) in [5, 5.41) is 4.95. The van der Waals surface area contributed by atoms with E-state index in [1.165, 1.54) is 66.0 Å². The van der Waals surface area contributed by atoms with Crippen LogP contribution >= 0.6 is 0 Å². The Labute approximate surface area is 330 Å². The SMILES string of the molecule is Cc1ccc(-n2c3ccccc3c3cc(-c4ccc5c(c4)c4ccccc4n5-c4ccc(-c5nc(-c6ccccc6)cc(-c6ccccc6)n5)cc4)ccc32)cc1. The molecule has 11 aromatic rings. The lowest BCUT2D eigenvalue weighted by molar-refractivity contribution is 1.16. The van der Waals surface area contributed by atoms with Crippen LogP contribution in [0.4, 0.5) is 0 Å². The second-order valence-corrected chi connectivity index (χ2v) is 14.7. The number of hydrogen-bond acceptors (Lipinski definition) is 2. The number of aromatic nitrogens is 4. The van der Waals surface area contributed by atoms with Gasteiger partial charge < -0.3 is 9.13 Å². The van der Waals surface area contributed by atoms with Crippen LogP contribution in [0.5, 0.6) is 0 Å². The molecule has 0 unspecified atom stereocenters. The second-order valence-electron chi connectivity index (χ2n) is 14.7. The Kier molecular flexibility index (Phi) is 7.68. The highest BCUT2D eigenvalue weighted by Gasteiger charge is 2.17. The molecule has 0 atom stereocenters. The summed E-state index contributed by atoms with van der Waals surface area (Å²) in [5.74, 6) is 0.701. The molecule has 3 aromatic heterocycles. The fourth-order valence-electron chi connectivity index (χ4n) is 8.40. The largest absolute Gasteiger partial charge is 0.309 e. The van der Waals surface area contributed by atoms with Crippen LogP contribution in [0.3, 0.4) is 0 Å². The van der Waals surface area contributed by atoms with Gasteiger partial charge in [0.25, 0.3) is 0 Å². The van der Waals surface area contributed by atoms with Gasteiger partial charge in [-0.1, -0.05) is 127 Å². The van der Waals surface area contributed by atoms with Crippen molar-refractivity contribution in [2.24, 2.45) is 0 Å². The van der Waals surface area contributed by atoms with Crippen LogP contribution < -0.4 is 0 Å². The number of fused-ring (bicyclic) bond motifs is 6. The Balaban J connectivity index is 1.00. The van der Waals surface area contributed by atoms with Crippen LogP contribution in [-0.2, 0) is 0 Å². The van der Waals surface area contributed by atoms with Gasteiger partial charge in [-0.15, -0.1) is 0 Å². The Morgan fingerprint density at radius 2 is 0.719 bits per heavy atom. The van der Waals surface area contributed by atoms with Crippen LogP contribution in [0.1, 0.15) is 5.56 Å². The smallest absolute Gasteiger partial charge is 0.160 e. The van der Waals surface area contributed by atoms with Crippen LogP contribution in [0.2, 0.25) is 0 Å². The van der Waals surface area contributed by atoms with Gasteiger partial charge in [-0.25, -0.2) is 9.97 Å². The van der Waals surface area contributed by atoms with Crippen molar-refractivity contribution in [3.63, 3.8) is 0 Å². The average Bonchev–Trinajstić information content (AvgIpc) is 3.79. The molecule has 0 aliphatic carbocycles. The Hall–Kier alpha value is -7.56. The molecule has 0 fully saturated rings. The molecule has 57 heavy (non-hydrogen) atoms. The summed E-state index contributed by atoms with van der Waals surface area (Å²) in [7, 11) is 0. The minimum Gasteiger partial charge on any atom is -0.309 e. The molecule has 0 aliphatic heterocycles. The van der Waals surface area contributed by atoms with E-state index in [4.69, 9.17) is 9.97 Å². The van der Waals surface area contributed by atoms with Crippen molar-refractivity contribution >= 4 is 43.6 Å². The Morgan fingerprint density at radius 1 is 0.316 bits per heavy atom. The zero-order valence-corrected chi connectivity index (χ0v) is 31.3. The predicted molar refractivity (Wildman–Crippen MR) is 237 cm³/mol. The van der Waals surface area contributed by atoms with E-state index in [-0.39, 0.29) is 0 Å². The van der Waals surface area contributed by atoms with Gasteiger partial charge in [0.1, 0.15) is 0 Å². The van der Waals surface area contributed by atoms with Gasteiger partial charge in [0.2, 0.25) is 0 Å². The maximum absolute atomic E-state index is 5.07. The lowest BCUT2D eigenvalue weighted by Gasteiger charge is -2.11. The lowest BCUT2D eigenvalue weighted by Crippen LogP contribution is -1.97. The maximum Gasteiger partial charge on any atom is 0.160 e. The Bertz CT molecular complexity index is 3210. The van der Waals surface area contributed by atoms with Gasteiger partial charge in [-0.2, -0.15) is 0 Å². The first-order chi connectivity index (χ1) is 28.2. The molecular formula is C53H36N4.